The Balaban J connectivity index is 3.77. The second-order valence-electron chi connectivity index (χ2n) is 11.6. The highest BCUT2D eigenvalue weighted by atomic mass is 16.6. The zero-order valence-electron chi connectivity index (χ0n) is 29.3. The molecule has 0 spiro atoms. The van der Waals surface area contributed by atoms with E-state index < -0.39 is 6.10 Å². The van der Waals surface area contributed by atoms with Gasteiger partial charge in [-0.05, 0) is 83.5 Å². The van der Waals surface area contributed by atoms with Crippen molar-refractivity contribution < 1.29 is 24.2 Å². The summed E-state index contributed by atoms with van der Waals surface area (Å²) in [6.45, 7) is 3.91. The van der Waals surface area contributed by atoms with E-state index in [1.54, 1.807) is 0 Å². The average Bonchev–Trinajstić information content (AvgIpc) is 3.06. The van der Waals surface area contributed by atoms with Gasteiger partial charge < -0.3 is 14.6 Å². The molecule has 0 aliphatic carbocycles. The van der Waals surface area contributed by atoms with Crippen LogP contribution in [0.15, 0.2) is 85.1 Å². The Morgan fingerprint density at radius 2 is 0.957 bits per heavy atom. The van der Waals surface area contributed by atoms with Crippen LogP contribution in [0.2, 0.25) is 0 Å². The lowest BCUT2D eigenvalue weighted by Gasteiger charge is -2.15. The fraction of sp³-hybridized carbons (Fsp3) is 0.610. The molecule has 5 heteroatoms. The fourth-order valence-electron chi connectivity index (χ4n) is 4.44. The Hall–Kier alpha value is -2.92. The molecule has 0 aromatic rings. The van der Waals surface area contributed by atoms with Crippen LogP contribution in [0.1, 0.15) is 142 Å². The Bertz CT molecular complexity index is 906. The van der Waals surface area contributed by atoms with Crippen LogP contribution in [0, 0.1) is 0 Å². The van der Waals surface area contributed by atoms with E-state index in [1.165, 1.54) is 44.9 Å². The summed E-state index contributed by atoms with van der Waals surface area (Å²) >= 11 is 0. The number of hydrogen-bond donors (Lipinski definition) is 1. The van der Waals surface area contributed by atoms with Gasteiger partial charge in [-0.15, -0.1) is 0 Å². The van der Waals surface area contributed by atoms with Crippen LogP contribution < -0.4 is 0 Å². The molecule has 0 bridgehead atoms. The highest BCUT2D eigenvalue weighted by Gasteiger charge is 2.15. The number of rotatable bonds is 31. The number of aliphatic hydroxyl groups excluding tert-OH is 1. The van der Waals surface area contributed by atoms with Gasteiger partial charge in [0.1, 0.15) is 6.61 Å². The summed E-state index contributed by atoms with van der Waals surface area (Å²) in [6, 6.07) is 0. The van der Waals surface area contributed by atoms with Crippen molar-refractivity contribution in [1.82, 2.24) is 0 Å². The molecule has 260 valence electrons. The van der Waals surface area contributed by atoms with Gasteiger partial charge in [-0.25, -0.2) is 0 Å². The molecule has 0 aromatic heterocycles. The van der Waals surface area contributed by atoms with E-state index in [0.717, 1.165) is 57.8 Å². The molecule has 46 heavy (non-hydrogen) atoms. The lowest BCUT2D eigenvalue weighted by atomic mass is 10.1. The van der Waals surface area contributed by atoms with Gasteiger partial charge in [0.05, 0.1) is 6.61 Å². The summed E-state index contributed by atoms with van der Waals surface area (Å²) in [5, 5.41) is 9.52. The summed E-state index contributed by atoms with van der Waals surface area (Å²) in [5.41, 5.74) is 0. The minimum Gasteiger partial charge on any atom is -0.462 e. The van der Waals surface area contributed by atoms with E-state index in [-0.39, 0.29) is 31.6 Å². The van der Waals surface area contributed by atoms with Crippen molar-refractivity contribution in [2.24, 2.45) is 0 Å². The fourth-order valence-corrected chi connectivity index (χ4v) is 4.44. The van der Waals surface area contributed by atoms with Crippen LogP contribution in [-0.2, 0) is 19.1 Å². The van der Waals surface area contributed by atoms with Gasteiger partial charge in [0.25, 0.3) is 0 Å². The van der Waals surface area contributed by atoms with Crippen LogP contribution in [-0.4, -0.2) is 36.4 Å². The van der Waals surface area contributed by atoms with Crippen LogP contribution >= 0.6 is 0 Å². The van der Waals surface area contributed by atoms with Crippen molar-refractivity contribution in [2.45, 2.75) is 148 Å². The highest BCUT2D eigenvalue weighted by molar-refractivity contribution is 5.70. The molecule has 1 N–H and O–H groups in total. The minimum atomic E-state index is -0.817. The minimum absolute atomic E-state index is 0.114. The molecule has 1 atom stereocenters. The molecule has 1 unspecified atom stereocenters. The summed E-state index contributed by atoms with van der Waals surface area (Å²) in [4.78, 5) is 24.1. The first-order valence-corrected chi connectivity index (χ1v) is 18.1. The van der Waals surface area contributed by atoms with Crippen molar-refractivity contribution in [3.63, 3.8) is 0 Å². The monoisotopic (exact) mass is 638 g/mol. The quantitative estimate of drug-likeness (QED) is 0.0465. The molecular weight excluding hydrogens is 572 g/mol. The van der Waals surface area contributed by atoms with Crippen LogP contribution in [0.25, 0.3) is 0 Å². The molecule has 0 saturated carbocycles. The van der Waals surface area contributed by atoms with Gasteiger partial charge in [-0.3, -0.25) is 9.59 Å². The summed E-state index contributed by atoms with van der Waals surface area (Å²) in [5.74, 6) is -0.711. The number of carbonyl (C=O) groups excluding carboxylic acids is 2. The smallest absolute Gasteiger partial charge is 0.306 e. The standard InChI is InChI=1S/C41H66O5/c1-3-5-7-9-11-13-15-17-19-20-22-23-25-27-29-31-33-35-40(43)45-38-39(37-42)46-41(44)36-34-32-30-28-26-24-21-18-16-14-12-10-8-6-4-2/h6,8,12,14,17-19,21-23,26-29,39,42H,3-5,7,9-11,13,15-16,20,24-25,30-38H2,1-2H3. The number of unbranched alkanes of at least 4 members (excludes halogenated alkanes) is 9. The number of hydrogen-bond acceptors (Lipinski definition) is 5. The maximum Gasteiger partial charge on any atom is 0.306 e. The van der Waals surface area contributed by atoms with Gasteiger partial charge in [-0.1, -0.05) is 131 Å². The first-order valence-electron chi connectivity index (χ1n) is 18.1. The van der Waals surface area contributed by atoms with Crippen molar-refractivity contribution in [3.05, 3.63) is 85.1 Å². The van der Waals surface area contributed by atoms with Crippen LogP contribution in [0.4, 0.5) is 0 Å². The Morgan fingerprint density at radius 1 is 0.522 bits per heavy atom. The van der Waals surface area contributed by atoms with Crippen molar-refractivity contribution >= 4 is 11.9 Å². The van der Waals surface area contributed by atoms with E-state index in [9.17, 15) is 14.7 Å². The molecule has 0 radical (unpaired) electrons. The number of carbonyl (C=O) groups is 2. The summed E-state index contributed by atoms with van der Waals surface area (Å²) < 4.78 is 10.5. The molecule has 0 aromatic carbocycles. The summed E-state index contributed by atoms with van der Waals surface area (Å²) in [7, 11) is 0. The third-order valence-electron chi connectivity index (χ3n) is 7.17. The zero-order valence-corrected chi connectivity index (χ0v) is 29.3. The van der Waals surface area contributed by atoms with E-state index in [1.807, 2.05) is 0 Å². The predicted octanol–water partition coefficient (Wildman–Crippen LogP) is 11.2. The Kier molecular flexibility index (Phi) is 34.2. The maximum absolute atomic E-state index is 12.1. The summed E-state index contributed by atoms with van der Waals surface area (Å²) in [6.07, 6.45) is 49.3. The Morgan fingerprint density at radius 3 is 1.48 bits per heavy atom. The second-order valence-corrected chi connectivity index (χ2v) is 11.6. The van der Waals surface area contributed by atoms with Gasteiger partial charge >= 0.3 is 11.9 Å². The van der Waals surface area contributed by atoms with E-state index >= 15 is 0 Å². The van der Waals surface area contributed by atoms with Crippen molar-refractivity contribution in [2.75, 3.05) is 13.2 Å². The Labute approximate surface area is 282 Å². The van der Waals surface area contributed by atoms with Gasteiger partial charge in [0.15, 0.2) is 6.10 Å². The molecule has 0 saturated heterocycles. The first kappa shape index (κ1) is 43.1. The number of ether oxygens (including phenoxy) is 2. The van der Waals surface area contributed by atoms with Gasteiger partial charge in [0.2, 0.25) is 0 Å². The highest BCUT2D eigenvalue weighted by Crippen LogP contribution is 2.08. The molecule has 0 amide bonds. The van der Waals surface area contributed by atoms with Crippen molar-refractivity contribution in [3.8, 4) is 0 Å². The lowest BCUT2D eigenvalue weighted by Crippen LogP contribution is -2.28. The molecule has 0 aliphatic rings. The molecule has 0 aliphatic heterocycles. The topological polar surface area (TPSA) is 72.8 Å². The molecule has 0 rings (SSSR count). The maximum atomic E-state index is 12.1. The van der Waals surface area contributed by atoms with Crippen LogP contribution in [0.3, 0.4) is 0 Å². The molecule has 0 fully saturated rings. The first-order chi connectivity index (χ1) is 22.6. The third kappa shape index (κ3) is 34.0. The number of allylic oxidation sites excluding steroid dienone is 14. The lowest BCUT2D eigenvalue weighted by molar-refractivity contribution is -0.161. The van der Waals surface area contributed by atoms with Gasteiger partial charge in [-0.2, -0.15) is 0 Å². The number of esters is 2. The average molecular weight is 639 g/mol. The van der Waals surface area contributed by atoms with Crippen molar-refractivity contribution in [1.29, 1.82) is 0 Å². The SMILES string of the molecule is CCC=CCC=CCC=CCC=CCCCCC(=O)OC(CO)COC(=O)CCCC=CCC=CCC=CCCCCCCCC. The molecule has 5 nitrogen and oxygen atoms in total. The normalized spacial score (nSPS) is 13.2. The zero-order chi connectivity index (χ0) is 33.6. The van der Waals surface area contributed by atoms with E-state index in [4.69, 9.17) is 9.47 Å². The third-order valence-corrected chi connectivity index (χ3v) is 7.17. The number of aliphatic hydroxyl groups is 1. The second kappa shape index (κ2) is 36.5. The van der Waals surface area contributed by atoms with Crippen LogP contribution in [0.5, 0.6) is 0 Å². The predicted molar refractivity (Wildman–Crippen MR) is 196 cm³/mol. The van der Waals surface area contributed by atoms with E-state index in [2.05, 4.69) is 98.9 Å². The van der Waals surface area contributed by atoms with E-state index in [0.29, 0.717) is 19.3 Å². The molecule has 0 heterocycles. The van der Waals surface area contributed by atoms with Gasteiger partial charge in [0, 0.05) is 12.8 Å². The largest absolute Gasteiger partial charge is 0.462 e. The molecular formula is C41H66O5.